The molecule has 0 amide bonds. The zero-order chi connectivity index (χ0) is 14.0. The summed E-state index contributed by atoms with van der Waals surface area (Å²) in [4.78, 5) is 25.4. The Hall–Kier alpha value is -2.28. The van der Waals surface area contributed by atoms with Crippen molar-refractivity contribution in [2.45, 2.75) is 13.5 Å². The number of benzene rings is 1. The Morgan fingerprint density at radius 1 is 1.42 bits per heavy atom. The highest BCUT2D eigenvalue weighted by molar-refractivity contribution is 6.30. The van der Waals surface area contributed by atoms with E-state index < -0.39 is 10.9 Å². The highest BCUT2D eigenvalue weighted by atomic mass is 35.5. The topological polar surface area (TPSA) is 90.9 Å². The minimum atomic E-state index is -0.698. The average molecular weight is 281 g/mol. The molecule has 98 valence electrons. The standard InChI is InChI=1S/C11H9ClN4O3/c1-7-13-11(16(18)19)14-15(7)6-10(17)8-2-4-9(12)5-3-8/h2-5H,6H2,1H3. The Morgan fingerprint density at radius 2 is 2.05 bits per heavy atom. The monoisotopic (exact) mass is 280 g/mol. The van der Waals surface area contributed by atoms with Crippen LogP contribution >= 0.6 is 11.6 Å². The third-order valence-electron chi connectivity index (χ3n) is 2.47. The number of hydrogen-bond donors (Lipinski definition) is 0. The van der Waals surface area contributed by atoms with Gasteiger partial charge in [-0.25, -0.2) is 0 Å². The van der Waals surface area contributed by atoms with Gasteiger partial charge in [-0.3, -0.25) is 4.79 Å². The van der Waals surface area contributed by atoms with E-state index in [2.05, 4.69) is 10.1 Å². The molecule has 0 spiro atoms. The fraction of sp³-hybridized carbons (Fsp3) is 0.182. The molecule has 1 heterocycles. The molecule has 0 unspecified atom stereocenters. The third kappa shape index (κ3) is 2.94. The summed E-state index contributed by atoms with van der Waals surface area (Å²) in [5, 5.41) is 14.7. The molecule has 0 N–H and O–H groups in total. The first-order valence-corrected chi connectivity index (χ1v) is 5.70. The van der Waals surface area contributed by atoms with Crippen LogP contribution in [0.25, 0.3) is 0 Å². The summed E-state index contributed by atoms with van der Waals surface area (Å²) in [5.74, 6) is -0.421. The quantitative estimate of drug-likeness (QED) is 0.485. The van der Waals surface area contributed by atoms with E-state index in [1.54, 1.807) is 31.2 Å². The molecule has 0 fully saturated rings. The molecule has 19 heavy (non-hydrogen) atoms. The van der Waals surface area contributed by atoms with Crippen LogP contribution in [0.3, 0.4) is 0 Å². The maximum Gasteiger partial charge on any atom is 0.491 e. The van der Waals surface area contributed by atoms with Crippen molar-refractivity contribution in [2.75, 3.05) is 0 Å². The fourth-order valence-electron chi connectivity index (χ4n) is 1.50. The van der Waals surface area contributed by atoms with E-state index in [0.29, 0.717) is 16.4 Å². The molecule has 0 aliphatic carbocycles. The van der Waals surface area contributed by atoms with Crippen LogP contribution in [0.4, 0.5) is 5.95 Å². The van der Waals surface area contributed by atoms with Crippen LogP contribution in [0.2, 0.25) is 5.02 Å². The van der Waals surface area contributed by atoms with Gasteiger partial charge in [-0.15, -0.1) is 0 Å². The Balaban J connectivity index is 2.19. The van der Waals surface area contributed by atoms with Crippen molar-refractivity contribution in [3.63, 3.8) is 0 Å². The normalized spacial score (nSPS) is 10.4. The smallest absolute Gasteiger partial charge is 0.390 e. The maximum absolute atomic E-state index is 12.0. The average Bonchev–Trinajstić information content (AvgIpc) is 2.72. The first kappa shape index (κ1) is 13.2. The van der Waals surface area contributed by atoms with Crippen molar-refractivity contribution in [1.29, 1.82) is 0 Å². The van der Waals surface area contributed by atoms with Gasteiger partial charge in [0.1, 0.15) is 6.54 Å². The highest BCUT2D eigenvalue weighted by Crippen LogP contribution is 2.11. The SMILES string of the molecule is Cc1nc([N+](=O)[O-])nn1CC(=O)c1ccc(Cl)cc1. The van der Waals surface area contributed by atoms with Crippen molar-refractivity contribution in [2.24, 2.45) is 0 Å². The van der Waals surface area contributed by atoms with Gasteiger partial charge in [0.05, 0.1) is 0 Å². The van der Waals surface area contributed by atoms with Gasteiger partial charge in [0.25, 0.3) is 0 Å². The number of aryl methyl sites for hydroxylation is 1. The predicted octanol–water partition coefficient (Wildman–Crippen LogP) is 2.03. The molecule has 0 radical (unpaired) electrons. The Labute approximate surface area is 113 Å². The number of aromatic nitrogens is 3. The van der Waals surface area contributed by atoms with Crippen LogP contribution in [0.5, 0.6) is 0 Å². The van der Waals surface area contributed by atoms with Crippen molar-refractivity contribution in [3.05, 3.63) is 50.8 Å². The zero-order valence-electron chi connectivity index (χ0n) is 9.91. The summed E-state index contributed by atoms with van der Waals surface area (Å²) >= 11 is 5.73. The number of ketones is 1. The van der Waals surface area contributed by atoms with Gasteiger partial charge in [0.2, 0.25) is 5.82 Å². The van der Waals surface area contributed by atoms with E-state index in [-0.39, 0.29) is 12.3 Å². The Bertz CT molecular complexity index is 636. The number of carbonyl (C=O) groups is 1. The molecule has 2 rings (SSSR count). The predicted molar refractivity (Wildman–Crippen MR) is 67.2 cm³/mol. The second-order valence-electron chi connectivity index (χ2n) is 3.80. The molecule has 0 bridgehead atoms. The zero-order valence-corrected chi connectivity index (χ0v) is 10.7. The minimum absolute atomic E-state index is 0.103. The number of hydrogen-bond acceptors (Lipinski definition) is 5. The number of rotatable bonds is 4. The van der Waals surface area contributed by atoms with Crippen LogP contribution in [-0.4, -0.2) is 25.5 Å². The largest absolute Gasteiger partial charge is 0.491 e. The molecule has 0 saturated heterocycles. The summed E-state index contributed by atoms with van der Waals surface area (Å²) in [6.45, 7) is 1.45. The Kier molecular flexibility index (Phi) is 3.57. The molecule has 7 nitrogen and oxygen atoms in total. The van der Waals surface area contributed by atoms with Gasteiger partial charge in [-0.1, -0.05) is 11.6 Å². The summed E-state index contributed by atoms with van der Waals surface area (Å²) in [6, 6.07) is 6.38. The lowest BCUT2D eigenvalue weighted by atomic mass is 10.1. The number of carbonyl (C=O) groups excluding carboxylic acids is 1. The van der Waals surface area contributed by atoms with E-state index >= 15 is 0 Å². The molecule has 0 atom stereocenters. The number of nitrogens with zero attached hydrogens (tertiary/aromatic N) is 4. The van der Waals surface area contributed by atoms with E-state index in [0.717, 1.165) is 0 Å². The van der Waals surface area contributed by atoms with E-state index in [9.17, 15) is 14.9 Å². The van der Waals surface area contributed by atoms with Crippen LogP contribution < -0.4 is 0 Å². The van der Waals surface area contributed by atoms with Crippen molar-refractivity contribution in [1.82, 2.24) is 14.8 Å². The lowest BCUT2D eigenvalue weighted by Gasteiger charge is -1.99. The van der Waals surface area contributed by atoms with Crippen molar-refractivity contribution < 1.29 is 9.72 Å². The first-order valence-electron chi connectivity index (χ1n) is 5.32. The van der Waals surface area contributed by atoms with Gasteiger partial charge in [0.15, 0.2) is 5.78 Å². The molecular weight excluding hydrogens is 272 g/mol. The lowest BCUT2D eigenvalue weighted by molar-refractivity contribution is -0.394. The second kappa shape index (κ2) is 5.15. The summed E-state index contributed by atoms with van der Waals surface area (Å²) in [5.41, 5.74) is 0.460. The maximum atomic E-state index is 12.0. The van der Waals surface area contributed by atoms with Gasteiger partial charge >= 0.3 is 5.95 Å². The van der Waals surface area contributed by atoms with Crippen molar-refractivity contribution in [3.8, 4) is 0 Å². The minimum Gasteiger partial charge on any atom is -0.390 e. The molecule has 2 aromatic rings. The number of Topliss-reactive ketones (excluding diaryl/α,β-unsaturated/α-hetero) is 1. The molecule has 0 saturated carbocycles. The van der Waals surface area contributed by atoms with E-state index in [4.69, 9.17) is 11.6 Å². The Morgan fingerprint density at radius 3 is 2.58 bits per heavy atom. The van der Waals surface area contributed by atoms with Gasteiger partial charge in [0, 0.05) is 22.6 Å². The fourth-order valence-corrected chi connectivity index (χ4v) is 1.62. The lowest BCUT2D eigenvalue weighted by Crippen LogP contribution is -2.13. The molecule has 1 aromatic heterocycles. The molecule has 1 aromatic carbocycles. The van der Waals surface area contributed by atoms with E-state index in [1.165, 1.54) is 4.68 Å². The van der Waals surface area contributed by atoms with Crippen LogP contribution in [0, 0.1) is 17.0 Å². The van der Waals surface area contributed by atoms with E-state index in [1.807, 2.05) is 0 Å². The number of nitro groups is 1. The van der Waals surface area contributed by atoms with Gasteiger partial charge in [-0.05, 0) is 34.2 Å². The second-order valence-corrected chi connectivity index (χ2v) is 4.24. The summed E-state index contributed by atoms with van der Waals surface area (Å²) in [7, 11) is 0. The number of halogens is 1. The molecule has 8 heteroatoms. The molecule has 0 aliphatic rings. The third-order valence-corrected chi connectivity index (χ3v) is 2.72. The highest BCUT2D eigenvalue weighted by Gasteiger charge is 2.20. The summed E-state index contributed by atoms with van der Waals surface area (Å²) < 4.78 is 1.20. The first-order chi connectivity index (χ1) is 8.97. The van der Waals surface area contributed by atoms with Crippen LogP contribution in [0.15, 0.2) is 24.3 Å². The van der Waals surface area contributed by atoms with Crippen LogP contribution in [0.1, 0.15) is 16.2 Å². The molecule has 0 aliphatic heterocycles. The molecular formula is C11H9ClN4O3. The van der Waals surface area contributed by atoms with Crippen LogP contribution in [-0.2, 0) is 6.54 Å². The van der Waals surface area contributed by atoms with Crippen molar-refractivity contribution >= 4 is 23.3 Å². The van der Waals surface area contributed by atoms with Gasteiger partial charge in [-0.2, -0.15) is 4.68 Å². The summed E-state index contributed by atoms with van der Waals surface area (Å²) in [6.07, 6.45) is 0. The van der Waals surface area contributed by atoms with Gasteiger partial charge < -0.3 is 10.1 Å².